The fraction of sp³-hybridized carbons (Fsp3) is 0.394. The lowest BCUT2D eigenvalue weighted by atomic mass is 9.47. The molecule has 7 atom stereocenters. The lowest BCUT2D eigenvalue weighted by molar-refractivity contribution is -0.218. The maximum Gasteiger partial charge on any atom is 0.338 e. The highest BCUT2D eigenvalue weighted by Crippen LogP contribution is 2.63. The van der Waals surface area contributed by atoms with E-state index < -0.39 is 53.2 Å². The Hall–Kier alpha value is -4.04. The van der Waals surface area contributed by atoms with Crippen molar-refractivity contribution >= 4 is 23.7 Å². The van der Waals surface area contributed by atoms with Crippen molar-refractivity contribution in [3.05, 3.63) is 94.6 Å². The number of carbonyl (C=O) groups is 4. The summed E-state index contributed by atoms with van der Waals surface area (Å²) in [6, 6.07) is 17.1. The van der Waals surface area contributed by atoms with E-state index in [0.29, 0.717) is 34.3 Å². The Labute approximate surface area is 238 Å². The smallest absolute Gasteiger partial charge is 0.338 e. The molecule has 0 spiro atoms. The number of benzene rings is 2. The molecule has 1 aliphatic heterocycles. The number of ketones is 1. The van der Waals surface area contributed by atoms with Crippen molar-refractivity contribution in [2.24, 2.45) is 23.2 Å². The summed E-state index contributed by atoms with van der Waals surface area (Å²) in [6.07, 6.45) is 0.0656. The van der Waals surface area contributed by atoms with E-state index in [9.17, 15) is 24.3 Å². The van der Waals surface area contributed by atoms with Crippen LogP contribution in [0.2, 0.25) is 0 Å². The number of hydrogen-bond donors (Lipinski definition) is 1. The zero-order valence-electron chi connectivity index (χ0n) is 23.2. The van der Waals surface area contributed by atoms with Gasteiger partial charge in [0, 0.05) is 30.4 Å². The first-order chi connectivity index (χ1) is 19.5. The van der Waals surface area contributed by atoms with Gasteiger partial charge >= 0.3 is 17.9 Å². The Balaban J connectivity index is 1.52. The SMILES string of the molecule is CC1=C2[C@H](OC(=O)c3ccccc3)[C@H](OC(=O)c3ccccc3)[C@@H]3[C@H](C)C4=CC(=O)O[C@@]4(O)C[C@@H]3[C@]2(C)CCC1=O. The molecule has 0 bridgehead atoms. The van der Waals surface area contributed by atoms with Crippen molar-refractivity contribution in [1.29, 1.82) is 0 Å². The molecule has 212 valence electrons. The van der Waals surface area contributed by atoms with Crippen LogP contribution in [-0.2, 0) is 23.8 Å². The van der Waals surface area contributed by atoms with E-state index in [2.05, 4.69) is 0 Å². The van der Waals surface area contributed by atoms with E-state index >= 15 is 0 Å². The van der Waals surface area contributed by atoms with Gasteiger partial charge in [0.05, 0.1) is 11.1 Å². The summed E-state index contributed by atoms with van der Waals surface area (Å²) in [5, 5.41) is 11.5. The molecule has 0 aromatic heterocycles. The zero-order chi connectivity index (χ0) is 29.1. The number of hydrogen-bond acceptors (Lipinski definition) is 8. The van der Waals surface area contributed by atoms with Crippen molar-refractivity contribution < 1.29 is 38.5 Å². The maximum atomic E-state index is 13.5. The van der Waals surface area contributed by atoms with Gasteiger partial charge in [-0.2, -0.15) is 0 Å². The van der Waals surface area contributed by atoms with Crippen LogP contribution < -0.4 is 0 Å². The van der Waals surface area contributed by atoms with Crippen LogP contribution in [0.3, 0.4) is 0 Å². The zero-order valence-corrected chi connectivity index (χ0v) is 23.2. The van der Waals surface area contributed by atoms with E-state index in [1.54, 1.807) is 67.6 Å². The van der Waals surface area contributed by atoms with Gasteiger partial charge in [0.1, 0.15) is 6.10 Å². The predicted molar refractivity (Wildman–Crippen MR) is 146 cm³/mol. The molecule has 1 N–H and O–H groups in total. The molecule has 8 nitrogen and oxygen atoms in total. The van der Waals surface area contributed by atoms with E-state index in [1.807, 2.05) is 13.8 Å². The molecule has 0 saturated heterocycles. The molecule has 0 radical (unpaired) electrons. The summed E-state index contributed by atoms with van der Waals surface area (Å²) in [6.45, 7) is 5.60. The maximum absolute atomic E-state index is 13.5. The standard InChI is InChI=1S/C33H32O8/c1-18-22-16-25(35)41-33(22,38)17-23-26(18)28(39-30(36)20-10-6-4-7-11-20)29(40-31(37)21-12-8-5-9-13-21)27-19(2)24(34)14-15-32(23,27)3/h4-13,16,18,23,26,28-29,38H,14-15,17H2,1-3H3/t18-,23+,26-,28-,29+,32+,33+/m1/s1. The normalized spacial score (nSPS) is 34.0. The van der Waals surface area contributed by atoms with Gasteiger partial charge in [-0.05, 0) is 66.0 Å². The fourth-order valence-electron chi connectivity index (χ4n) is 7.65. The molecule has 4 aliphatic rings. The highest BCUT2D eigenvalue weighted by molar-refractivity contribution is 5.97. The highest BCUT2D eigenvalue weighted by Gasteiger charge is 2.66. The Morgan fingerprint density at radius 2 is 1.54 bits per heavy atom. The monoisotopic (exact) mass is 556 g/mol. The molecule has 6 rings (SSSR count). The van der Waals surface area contributed by atoms with Crippen LogP contribution in [-0.4, -0.2) is 46.8 Å². The van der Waals surface area contributed by atoms with Crippen LogP contribution >= 0.6 is 0 Å². The summed E-state index contributed by atoms with van der Waals surface area (Å²) in [4.78, 5) is 52.5. The summed E-state index contributed by atoms with van der Waals surface area (Å²) in [5.41, 5.74) is 1.43. The Morgan fingerprint density at radius 3 is 2.15 bits per heavy atom. The third-order valence-corrected chi connectivity index (χ3v) is 9.61. The lowest BCUT2D eigenvalue weighted by Gasteiger charge is -2.60. The van der Waals surface area contributed by atoms with Crippen molar-refractivity contribution in [3.8, 4) is 0 Å². The van der Waals surface area contributed by atoms with Crippen LogP contribution in [0.25, 0.3) is 0 Å². The summed E-state index contributed by atoms with van der Waals surface area (Å²) >= 11 is 0. The average Bonchev–Trinajstić information content (AvgIpc) is 3.28. The minimum atomic E-state index is -1.79. The Morgan fingerprint density at radius 1 is 0.951 bits per heavy atom. The lowest BCUT2D eigenvalue weighted by Crippen LogP contribution is -2.63. The van der Waals surface area contributed by atoms with Crippen molar-refractivity contribution in [1.82, 2.24) is 0 Å². The summed E-state index contributed by atoms with van der Waals surface area (Å²) in [5.74, 6) is -4.96. The van der Waals surface area contributed by atoms with Gasteiger partial charge in [0.15, 0.2) is 11.9 Å². The van der Waals surface area contributed by atoms with Gasteiger partial charge in [0.25, 0.3) is 0 Å². The third kappa shape index (κ3) is 4.32. The number of Topliss-reactive ketones (excluding diaryl/α,β-unsaturated/α-hetero) is 1. The van der Waals surface area contributed by atoms with Gasteiger partial charge in [-0.25, -0.2) is 14.4 Å². The molecule has 2 aromatic rings. The first-order valence-electron chi connectivity index (χ1n) is 14.0. The Bertz CT molecular complexity index is 1490. The number of allylic oxidation sites excluding steroid dienone is 1. The van der Waals surface area contributed by atoms with Crippen LogP contribution in [0.4, 0.5) is 0 Å². The largest absolute Gasteiger partial charge is 0.454 e. The molecular formula is C33H32O8. The molecule has 41 heavy (non-hydrogen) atoms. The number of rotatable bonds is 4. The first-order valence-corrected chi connectivity index (χ1v) is 14.0. The molecule has 2 aromatic carbocycles. The predicted octanol–water partition coefficient (Wildman–Crippen LogP) is 4.58. The number of esters is 3. The van der Waals surface area contributed by atoms with Gasteiger partial charge in [-0.3, -0.25) is 4.79 Å². The molecule has 2 fully saturated rings. The minimum Gasteiger partial charge on any atom is -0.454 e. The molecule has 2 saturated carbocycles. The minimum absolute atomic E-state index is 0.0692. The second kappa shape index (κ2) is 9.80. The Kier molecular flexibility index (Phi) is 6.49. The number of carbonyl (C=O) groups excluding carboxylic acids is 4. The first kappa shape index (κ1) is 27.1. The van der Waals surface area contributed by atoms with Crippen molar-refractivity contribution in [2.45, 2.75) is 58.0 Å². The molecule has 0 amide bonds. The second-order valence-corrected chi connectivity index (χ2v) is 11.8. The molecule has 1 heterocycles. The van der Waals surface area contributed by atoms with Gasteiger partial charge in [-0.15, -0.1) is 0 Å². The van der Waals surface area contributed by atoms with Gasteiger partial charge in [0.2, 0.25) is 5.79 Å². The van der Waals surface area contributed by atoms with E-state index in [1.165, 1.54) is 6.08 Å². The van der Waals surface area contributed by atoms with Gasteiger partial charge < -0.3 is 19.3 Å². The average molecular weight is 557 g/mol. The highest BCUT2D eigenvalue weighted by atomic mass is 16.7. The van der Waals surface area contributed by atoms with Crippen LogP contribution in [0, 0.1) is 23.2 Å². The summed E-state index contributed by atoms with van der Waals surface area (Å²) < 4.78 is 17.9. The van der Waals surface area contributed by atoms with E-state index in [4.69, 9.17) is 14.2 Å². The number of aliphatic hydroxyl groups is 1. The molecular weight excluding hydrogens is 524 g/mol. The molecule has 0 unspecified atom stereocenters. The summed E-state index contributed by atoms with van der Waals surface area (Å²) in [7, 11) is 0. The van der Waals surface area contributed by atoms with Crippen molar-refractivity contribution in [2.75, 3.05) is 0 Å². The van der Waals surface area contributed by atoms with Gasteiger partial charge in [-0.1, -0.05) is 50.2 Å². The third-order valence-electron chi connectivity index (χ3n) is 9.61. The van der Waals surface area contributed by atoms with Crippen LogP contribution in [0.5, 0.6) is 0 Å². The van der Waals surface area contributed by atoms with E-state index in [0.717, 1.165) is 0 Å². The fourth-order valence-corrected chi connectivity index (χ4v) is 7.65. The molecule has 3 aliphatic carbocycles. The molecule has 8 heteroatoms. The van der Waals surface area contributed by atoms with Crippen LogP contribution in [0.15, 0.2) is 83.5 Å². The van der Waals surface area contributed by atoms with Crippen molar-refractivity contribution in [3.63, 3.8) is 0 Å². The topological polar surface area (TPSA) is 116 Å². The van der Waals surface area contributed by atoms with E-state index in [-0.39, 0.29) is 24.5 Å². The number of ether oxygens (including phenoxy) is 3. The number of fused-ring (bicyclic) bond motifs is 4. The quantitative estimate of drug-likeness (QED) is 0.430. The van der Waals surface area contributed by atoms with Crippen LogP contribution in [0.1, 0.15) is 60.7 Å². The second-order valence-electron chi connectivity index (χ2n) is 11.8.